The van der Waals surface area contributed by atoms with Gasteiger partial charge in [0.15, 0.2) is 0 Å². The van der Waals surface area contributed by atoms with Gasteiger partial charge in [0.05, 0.1) is 11.3 Å². The summed E-state index contributed by atoms with van der Waals surface area (Å²) in [7, 11) is 0. The van der Waals surface area contributed by atoms with Gasteiger partial charge in [-0.3, -0.25) is 4.57 Å². The van der Waals surface area contributed by atoms with E-state index in [0.29, 0.717) is 5.56 Å². The van der Waals surface area contributed by atoms with E-state index < -0.39 is 0 Å². The molecule has 1 heterocycles. The van der Waals surface area contributed by atoms with Crippen molar-refractivity contribution in [3.05, 3.63) is 42.0 Å². The van der Waals surface area contributed by atoms with Gasteiger partial charge < -0.3 is 0 Å². The standard InChI is InChI=1S/C10H8N4/c1-8-2-3-10(9(4-8)5-11)14-6-12-13-7-14/h2-4,6-7H,1H3. The molecule has 14 heavy (non-hydrogen) atoms. The molecule has 0 radical (unpaired) electrons. The van der Waals surface area contributed by atoms with Gasteiger partial charge >= 0.3 is 0 Å². The third-order valence-electron chi connectivity index (χ3n) is 1.97. The second-order valence-electron chi connectivity index (χ2n) is 3.00. The number of aromatic nitrogens is 3. The summed E-state index contributed by atoms with van der Waals surface area (Å²) in [6, 6.07) is 7.83. The van der Waals surface area contributed by atoms with E-state index in [1.807, 2.05) is 25.1 Å². The molecule has 0 amide bonds. The molecule has 2 rings (SSSR count). The van der Waals surface area contributed by atoms with Crippen LogP contribution in [-0.2, 0) is 0 Å². The average molecular weight is 184 g/mol. The van der Waals surface area contributed by atoms with Gasteiger partial charge in [-0.15, -0.1) is 10.2 Å². The number of nitrogens with zero attached hydrogens (tertiary/aromatic N) is 4. The molecule has 0 fully saturated rings. The van der Waals surface area contributed by atoms with E-state index in [4.69, 9.17) is 5.26 Å². The van der Waals surface area contributed by atoms with Crippen LogP contribution >= 0.6 is 0 Å². The quantitative estimate of drug-likeness (QED) is 0.674. The van der Waals surface area contributed by atoms with E-state index >= 15 is 0 Å². The molecule has 4 heteroatoms. The molecule has 0 bridgehead atoms. The normalized spacial score (nSPS) is 9.71. The maximum Gasteiger partial charge on any atom is 0.123 e. The van der Waals surface area contributed by atoms with Gasteiger partial charge in [-0.2, -0.15) is 5.26 Å². The van der Waals surface area contributed by atoms with Crippen molar-refractivity contribution in [3.8, 4) is 11.8 Å². The van der Waals surface area contributed by atoms with Crippen molar-refractivity contribution < 1.29 is 0 Å². The van der Waals surface area contributed by atoms with Gasteiger partial charge in [-0.05, 0) is 24.6 Å². The molecule has 0 aliphatic heterocycles. The van der Waals surface area contributed by atoms with Crippen LogP contribution in [0.25, 0.3) is 5.69 Å². The van der Waals surface area contributed by atoms with Crippen LogP contribution in [0.1, 0.15) is 11.1 Å². The first-order valence-corrected chi connectivity index (χ1v) is 4.17. The average Bonchev–Trinajstić information content (AvgIpc) is 2.70. The number of aryl methyl sites for hydroxylation is 1. The van der Waals surface area contributed by atoms with Crippen LogP contribution in [0.15, 0.2) is 30.9 Å². The van der Waals surface area contributed by atoms with Crippen molar-refractivity contribution in [2.24, 2.45) is 0 Å². The van der Waals surface area contributed by atoms with Crippen LogP contribution < -0.4 is 0 Å². The summed E-state index contributed by atoms with van der Waals surface area (Å²) in [5.41, 5.74) is 2.51. The van der Waals surface area contributed by atoms with Crippen molar-refractivity contribution >= 4 is 0 Å². The highest BCUT2D eigenvalue weighted by Crippen LogP contribution is 2.14. The molecule has 0 saturated carbocycles. The van der Waals surface area contributed by atoms with Crippen molar-refractivity contribution in [3.63, 3.8) is 0 Å². The molecule has 4 nitrogen and oxygen atoms in total. The molecular weight excluding hydrogens is 176 g/mol. The second-order valence-corrected chi connectivity index (χ2v) is 3.00. The summed E-state index contributed by atoms with van der Waals surface area (Å²) in [5, 5.41) is 16.3. The van der Waals surface area contributed by atoms with Gasteiger partial charge in [0.1, 0.15) is 18.7 Å². The third kappa shape index (κ3) is 1.36. The lowest BCUT2D eigenvalue weighted by Gasteiger charge is -2.03. The minimum absolute atomic E-state index is 0.629. The van der Waals surface area contributed by atoms with Crippen LogP contribution in [0, 0.1) is 18.3 Å². The lowest BCUT2D eigenvalue weighted by molar-refractivity contribution is 1.05. The summed E-state index contributed by atoms with van der Waals surface area (Å²) in [4.78, 5) is 0. The van der Waals surface area contributed by atoms with Crippen LogP contribution in [0.4, 0.5) is 0 Å². The van der Waals surface area contributed by atoms with Crippen molar-refractivity contribution in [1.82, 2.24) is 14.8 Å². The summed E-state index contributed by atoms with van der Waals surface area (Å²) in [6.45, 7) is 1.96. The Kier molecular flexibility index (Phi) is 1.99. The topological polar surface area (TPSA) is 54.5 Å². The molecule has 0 spiro atoms. The maximum absolute atomic E-state index is 8.94. The maximum atomic E-state index is 8.94. The van der Waals surface area contributed by atoms with Crippen molar-refractivity contribution in [1.29, 1.82) is 5.26 Å². The van der Waals surface area contributed by atoms with E-state index in [2.05, 4.69) is 16.3 Å². The van der Waals surface area contributed by atoms with E-state index in [-0.39, 0.29) is 0 Å². The molecule has 0 aliphatic carbocycles. The molecule has 0 N–H and O–H groups in total. The predicted molar refractivity (Wildman–Crippen MR) is 50.8 cm³/mol. The highest BCUT2D eigenvalue weighted by molar-refractivity contribution is 5.50. The van der Waals surface area contributed by atoms with Gasteiger partial charge in [0, 0.05) is 0 Å². The third-order valence-corrected chi connectivity index (χ3v) is 1.97. The Morgan fingerprint density at radius 3 is 2.64 bits per heavy atom. The Morgan fingerprint density at radius 2 is 2.00 bits per heavy atom. The largest absolute Gasteiger partial charge is 0.287 e. The Labute approximate surface area is 81.4 Å². The van der Waals surface area contributed by atoms with Gasteiger partial charge in [-0.1, -0.05) is 6.07 Å². The fourth-order valence-electron chi connectivity index (χ4n) is 1.29. The predicted octanol–water partition coefficient (Wildman–Crippen LogP) is 1.45. The van der Waals surface area contributed by atoms with E-state index in [1.54, 1.807) is 17.2 Å². The SMILES string of the molecule is Cc1ccc(-n2cnnc2)c(C#N)c1. The first kappa shape index (κ1) is 8.45. The van der Waals surface area contributed by atoms with E-state index in [0.717, 1.165) is 11.3 Å². The number of hydrogen-bond donors (Lipinski definition) is 0. The molecule has 0 unspecified atom stereocenters. The summed E-state index contributed by atoms with van der Waals surface area (Å²) < 4.78 is 1.72. The smallest absolute Gasteiger partial charge is 0.123 e. The summed E-state index contributed by atoms with van der Waals surface area (Å²) >= 11 is 0. The number of rotatable bonds is 1. The zero-order valence-electron chi connectivity index (χ0n) is 7.68. The number of benzene rings is 1. The molecule has 2 aromatic rings. The molecule has 1 aromatic carbocycles. The van der Waals surface area contributed by atoms with Crippen LogP contribution in [0.2, 0.25) is 0 Å². The Balaban J connectivity index is 2.60. The summed E-state index contributed by atoms with van der Waals surface area (Å²) in [6.07, 6.45) is 3.15. The monoisotopic (exact) mass is 184 g/mol. The molecule has 1 aromatic heterocycles. The molecule has 0 saturated heterocycles. The minimum atomic E-state index is 0.629. The van der Waals surface area contributed by atoms with E-state index in [9.17, 15) is 0 Å². The minimum Gasteiger partial charge on any atom is -0.287 e. The van der Waals surface area contributed by atoms with Crippen LogP contribution in [-0.4, -0.2) is 14.8 Å². The zero-order chi connectivity index (χ0) is 9.97. The number of nitriles is 1. The molecule has 68 valence electrons. The van der Waals surface area contributed by atoms with Gasteiger partial charge in [0.25, 0.3) is 0 Å². The fourth-order valence-corrected chi connectivity index (χ4v) is 1.29. The second kappa shape index (κ2) is 3.30. The number of hydrogen-bond acceptors (Lipinski definition) is 3. The molecule has 0 atom stereocenters. The Bertz CT molecular complexity index is 479. The molecule has 0 aliphatic rings. The van der Waals surface area contributed by atoms with Crippen molar-refractivity contribution in [2.45, 2.75) is 6.92 Å². The van der Waals surface area contributed by atoms with E-state index in [1.165, 1.54) is 0 Å². The van der Waals surface area contributed by atoms with Crippen LogP contribution in [0.3, 0.4) is 0 Å². The zero-order valence-corrected chi connectivity index (χ0v) is 7.68. The highest BCUT2D eigenvalue weighted by atomic mass is 15.2. The Morgan fingerprint density at radius 1 is 1.29 bits per heavy atom. The lowest BCUT2D eigenvalue weighted by atomic mass is 10.1. The van der Waals surface area contributed by atoms with Crippen LogP contribution in [0.5, 0.6) is 0 Å². The fraction of sp³-hybridized carbons (Fsp3) is 0.100. The highest BCUT2D eigenvalue weighted by Gasteiger charge is 2.03. The summed E-state index contributed by atoms with van der Waals surface area (Å²) in [5.74, 6) is 0. The van der Waals surface area contributed by atoms with Gasteiger partial charge in [0.2, 0.25) is 0 Å². The lowest BCUT2D eigenvalue weighted by Crippen LogP contribution is -1.94. The van der Waals surface area contributed by atoms with Gasteiger partial charge in [-0.25, -0.2) is 0 Å². The first-order valence-electron chi connectivity index (χ1n) is 4.17. The molecular formula is C10H8N4. The van der Waals surface area contributed by atoms with Crippen molar-refractivity contribution in [2.75, 3.05) is 0 Å². The Hall–Kier alpha value is -2.15. The first-order chi connectivity index (χ1) is 6.81.